The molecule has 0 saturated heterocycles. The molecule has 1 N–H and O–H groups in total. The van der Waals surface area contributed by atoms with Crippen LogP contribution in [0.5, 0.6) is 0 Å². The Kier molecular flexibility index (Phi) is 3.02. The highest BCUT2D eigenvalue weighted by Crippen LogP contribution is 2.28. The number of nitrogens with zero attached hydrogens (tertiary/aromatic N) is 1. The predicted octanol–water partition coefficient (Wildman–Crippen LogP) is 5.68. The van der Waals surface area contributed by atoms with Crippen LogP contribution < -0.4 is 0 Å². The summed E-state index contributed by atoms with van der Waals surface area (Å²) >= 11 is 0. The molecule has 4 aromatic rings. The molecule has 4 rings (SSSR count). The monoisotopic (exact) mass is 300 g/mol. The van der Waals surface area contributed by atoms with Crippen LogP contribution >= 0.6 is 0 Å². The normalized spacial score (nSPS) is 12.1. The lowest BCUT2D eigenvalue weighted by Gasteiger charge is -2.18. The number of aromatic amines is 1. The molecule has 0 fully saturated rings. The SMILES string of the molecule is CC(C)(C)c1ccc(-c2nc3c(ccc4ccccc43)[nH]2)cc1. The van der Waals surface area contributed by atoms with Gasteiger partial charge in [0.1, 0.15) is 5.82 Å². The first-order chi connectivity index (χ1) is 11.0. The molecule has 1 aromatic heterocycles. The number of H-pyrrole nitrogens is 1. The van der Waals surface area contributed by atoms with Crippen molar-refractivity contribution in [3.8, 4) is 11.4 Å². The second-order valence-electron chi connectivity index (χ2n) is 7.10. The summed E-state index contributed by atoms with van der Waals surface area (Å²) in [6.45, 7) is 6.69. The molecular formula is C21H20N2. The minimum Gasteiger partial charge on any atom is -0.338 e. The van der Waals surface area contributed by atoms with E-state index >= 15 is 0 Å². The van der Waals surface area contributed by atoms with Gasteiger partial charge in [-0.1, -0.05) is 75.4 Å². The van der Waals surface area contributed by atoms with Gasteiger partial charge in [-0.15, -0.1) is 0 Å². The fourth-order valence-electron chi connectivity index (χ4n) is 3.01. The molecule has 0 atom stereocenters. The number of rotatable bonds is 1. The van der Waals surface area contributed by atoms with Crippen LogP contribution in [0.1, 0.15) is 26.3 Å². The Morgan fingerprint density at radius 1 is 0.826 bits per heavy atom. The van der Waals surface area contributed by atoms with Crippen molar-refractivity contribution >= 4 is 21.8 Å². The van der Waals surface area contributed by atoms with Gasteiger partial charge in [-0.25, -0.2) is 4.98 Å². The van der Waals surface area contributed by atoms with Crippen molar-refractivity contribution in [2.24, 2.45) is 0 Å². The van der Waals surface area contributed by atoms with Gasteiger partial charge in [0.2, 0.25) is 0 Å². The topological polar surface area (TPSA) is 28.7 Å². The Hall–Kier alpha value is -2.61. The minimum absolute atomic E-state index is 0.169. The second-order valence-corrected chi connectivity index (χ2v) is 7.10. The molecule has 0 bridgehead atoms. The van der Waals surface area contributed by atoms with E-state index in [0.717, 1.165) is 22.4 Å². The van der Waals surface area contributed by atoms with E-state index in [1.807, 2.05) is 0 Å². The molecule has 114 valence electrons. The number of benzene rings is 3. The van der Waals surface area contributed by atoms with Crippen molar-refractivity contribution in [2.75, 3.05) is 0 Å². The third-order valence-corrected chi connectivity index (χ3v) is 4.40. The Morgan fingerprint density at radius 3 is 2.30 bits per heavy atom. The summed E-state index contributed by atoms with van der Waals surface area (Å²) in [5.41, 5.74) is 4.75. The molecule has 3 aromatic carbocycles. The maximum absolute atomic E-state index is 4.85. The number of imidazole rings is 1. The molecule has 0 radical (unpaired) electrons. The van der Waals surface area contributed by atoms with Crippen LogP contribution in [0.4, 0.5) is 0 Å². The lowest BCUT2D eigenvalue weighted by Crippen LogP contribution is -2.10. The Labute approximate surface area is 136 Å². The number of nitrogens with one attached hydrogen (secondary N) is 1. The van der Waals surface area contributed by atoms with Gasteiger partial charge in [0.25, 0.3) is 0 Å². The molecule has 0 unspecified atom stereocenters. The van der Waals surface area contributed by atoms with E-state index in [0.29, 0.717) is 0 Å². The fourth-order valence-corrected chi connectivity index (χ4v) is 3.01. The van der Waals surface area contributed by atoms with Crippen LogP contribution in [-0.2, 0) is 5.41 Å². The van der Waals surface area contributed by atoms with E-state index in [9.17, 15) is 0 Å². The number of hydrogen-bond donors (Lipinski definition) is 1. The molecule has 0 spiro atoms. The summed E-state index contributed by atoms with van der Waals surface area (Å²) in [6, 6.07) is 21.3. The zero-order valence-electron chi connectivity index (χ0n) is 13.7. The number of fused-ring (bicyclic) bond motifs is 3. The van der Waals surface area contributed by atoms with Gasteiger partial charge in [-0.05, 0) is 22.4 Å². The minimum atomic E-state index is 0.169. The molecule has 0 aliphatic carbocycles. The Balaban J connectivity index is 1.84. The Morgan fingerprint density at radius 2 is 1.57 bits per heavy atom. The van der Waals surface area contributed by atoms with Crippen molar-refractivity contribution in [1.29, 1.82) is 0 Å². The van der Waals surface area contributed by atoms with Crippen LogP contribution in [0, 0.1) is 0 Å². The van der Waals surface area contributed by atoms with Gasteiger partial charge in [0.05, 0.1) is 11.0 Å². The highest BCUT2D eigenvalue weighted by atomic mass is 14.9. The van der Waals surface area contributed by atoms with Gasteiger partial charge < -0.3 is 4.98 Å². The van der Waals surface area contributed by atoms with Crippen LogP contribution in [0.2, 0.25) is 0 Å². The van der Waals surface area contributed by atoms with E-state index in [-0.39, 0.29) is 5.41 Å². The van der Waals surface area contributed by atoms with Gasteiger partial charge in [-0.3, -0.25) is 0 Å². The van der Waals surface area contributed by atoms with Gasteiger partial charge >= 0.3 is 0 Å². The van der Waals surface area contributed by atoms with Crippen LogP contribution in [0.25, 0.3) is 33.2 Å². The standard InChI is InChI=1S/C21H20N2/c1-21(2,3)16-11-8-15(9-12-16)20-22-18-13-10-14-6-4-5-7-17(14)19(18)23-20/h4-13H,1-3H3,(H,22,23). The average molecular weight is 300 g/mol. The molecule has 0 amide bonds. The zero-order valence-corrected chi connectivity index (χ0v) is 13.7. The second kappa shape index (κ2) is 4.95. The van der Waals surface area contributed by atoms with Crippen LogP contribution in [0.3, 0.4) is 0 Å². The summed E-state index contributed by atoms with van der Waals surface area (Å²) in [5, 5.41) is 2.42. The lowest BCUT2D eigenvalue weighted by atomic mass is 9.87. The van der Waals surface area contributed by atoms with Crippen LogP contribution in [-0.4, -0.2) is 9.97 Å². The van der Waals surface area contributed by atoms with E-state index < -0.39 is 0 Å². The zero-order chi connectivity index (χ0) is 16.0. The number of aromatic nitrogens is 2. The van der Waals surface area contributed by atoms with Crippen molar-refractivity contribution in [3.05, 3.63) is 66.2 Å². The summed E-state index contributed by atoms with van der Waals surface area (Å²) in [6.07, 6.45) is 0. The highest BCUT2D eigenvalue weighted by molar-refractivity contribution is 6.04. The molecule has 23 heavy (non-hydrogen) atoms. The van der Waals surface area contributed by atoms with E-state index in [1.165, 1.54) is 16.3 Å². The summed E-state index contributed by atoms with van der Waals surface area (Å²) in [4.78, 5) is 8.30. The van der Waals surface area contributed by atoms with Crippen molar-refractivity contribution in [3.63, 3.8) is 0 Å². The highest BCUT2D eigenvalue weighted by Gasteiger charge is 2.14. The first kappa shape index (κ1) is 14.0. The summed E-state index contributed by atoms with van der Waals surface area (Å²) < 4.78 is 0. The molecule has 2 nitrogen and oxygen atoms in total. The van der Waals surface area contributed by atoms with Gasteiger partial charge in [-0.2, -0.15) is 0 Å². The first-order valence-electron chi connectivity index (χ1n) is 8.01. The number of hydrogen-bond acceptors (Lipinski definition) is 1. The van der Waals surface area contributed by atoms with E-state index in [2.05, 4.69) is 86.4 Å². The molecule has 0 saturated carbocycles. The van der Waals surface area contributed by atoms with E-state index in [1.54, 1.807) is 0 Å². The van der Waals surface area contributed by atoms with Gasteiger partial charge in [0, 0.05) is 10.9 Å². The Bertz CT molecular complexity index is 986. The predicted molar refractivity (Wildman–Crippen MR) is 97.7 cm³/mol. The lowest BCUT2D eigenvalue weighted by molar-refractivity contribution is 0.590. The summed E-state index contributed by atoms with van der Waals surface area (Å²) in [5.74, 6) is 0.928. The molecule has 1 heterocycles. The molecule has 0 aliphatic heterocycles. The van der Waals surface area contributed by atoms with Crippen LogP contribution in [0.15, 0.2) is 60.7 Å². The van der Waals surface area contributed by atoms with Crippen molar-refractivity contribution in [2.45, 2.75) is 26.2 Å². The molecule has 0 aliphatic rings. The maximum atomic E-state index is 4.85. The average Bonchev–Trinajstić information content (AvgIpc) is 2.99. The van der Waals surface area contributed by atoms with E-state index in [4.69, 9.17) is 4.98 Å². The smallest absolute Gasteiger partial charge is 0.138 e. The largest absolute Gasteiger partial charge is 0.338 e. The third-order valence-electron chi connectivity index (χ3n) is 4.40. The maximum Gasteiger partial charge on any atom is 0.138 e. The first-order valence-corrected chi connectivity index (χ1v) is 8.01. The van der Waals surface area contributed by atoms with Crippen molar-refractivity contribution in [1.82, 2.24) is 9.97 Å². The van der Waals surface area contributed by atoms with Gasteiger partial charge in [0.15, 0.2) is 0 Å². The third kappa shape index (κ3) is 2.40. The fraction of sp³-hybridized carbons (Fsp3) is 0.190. The van der Waals surface area contributed by atoms with Crippen molar-refractivity contribution < 1.29 is 0 Å². The quantitative estimate of drug-likeness (QED) is 0.481. The summed E-state index contributed by atoms with van der Waals surface area (Å²) in [7, 11) is 0. The molecule has 2 heteroatoms. The molecular weight excluding hydrogens is 280 g/mol.